The quantitative estimate of drug-likeness (QED) is 0.852. The highest BCUT2D eigenvalue weighted by Gasteiger charge is 2.29. The summed E-state index contributed by atoms with van der Waals surface area (Å²) < 4.78 is 32.2. The summed E-state index contributed by atoms with van der Waals surface area (Å²) in [6.07, 6.45) is 0.626. The topological polar surface area (TPSA) is 61.3 Å². The maximum absolute atomic E-state index is 13.9. The fraction of sp³-hybridized carbons (Fsp3) is 0.538. The number of ether oxygens (including phenoxy) is 1. The van der Waals surface area contributed by atoms with E-state index in [9.17, 15) is 8.78 Å². The molecule has 0 radical (unpaired) electrons. The Balaban J connectivity index is 3.13. The fourth-order valence-corrected chi connectivity index (χ4v) is 1.89. The summed E-state index contributed by atoms with van der Waals surface area (Å²) in [5.74, 6) is -1.31. The molecule has 0 saturated carbocycles. The van der Waals surface area contributed by atoms with Gasteiger partial charge in [-0.2, -0.15) is 0 Å². The highest BCUT2D eigenvalue weighted by Crippen LogP contribution is 2.36. The Morgan fingerprint density at radius 2 is 1.89 bits per heavy atom. The molecule has 0 aromatic heterocycles. The van der Waals surface area contributed by atoms with Crippen LogP contribution in [0.1, 0.15) is 31.9 Å². The molecule has 0 saturated heterocycles. The average Bonchev–Trinajstić information content (AvgIpc) is 2.30. The van der Waals surface area contributed by atoms with Gasteiger partial charge in [0.25, 0.3) is 0 Å². The Morgan fingerprint density at radius 3 is 2.39 bits per heavy atom. The monoisotopic (exact) mass is 258 g/mol. The Bertz CT molecular complexity index is 422. The minimum Gasteiger partial charge on any atom is -0.494 e. The molecule has 102 valence electrons. The Morgan fingerprint density at radius 1 is 1.28 bits per heavy atom. The Labute approximate surface area is 106 Å². The zero-order valence-electron chi connectivity index (χ0n) is 11.0. The van der Waals surface area contributed by atoms with Crippen LogP contribution in [0.15, 0.2) is 12.1 Å². The molecule has 1 aromatic rings. The van der Waals surface area contributed by atoms with Gasteiger partial charge in [-0.05, 0) is 24.4 Å². The van der Waals surface area contributed by atoms with Crippen molar-refractivity contribution in [1.29, 1.82) is 0 Å². The smallest absolute Gasteiger partial charge is 0.165 e. The summed E-state index contributed by atoms with van der Waals surface area (Å²) in [6, 6.07) is 1.49. The highest BCUT2D eigenvalue weighted by atomic mass is 19.1. The zero-order chi connectivity index (χ0) is 13.9. The second kappa shape index (κ2) is 5.63. The maximum atomic E-state index is 13.9. The van der Waals surface area contributed by atoms with Gasteiger partial charge in [0, 0.05) is 17.7 Å². The van der Waals surface area contributed by atoms with Crippen molar-refractivity contribution in [3.8, 4) is 5.75 Å². The molecule has 0 heterocycles. The number of hydrogen-bond acceptors (Lipinski definition) is 3. The van der Waals surface area contributed by atoms with Crippen LogP contribution in [0.5, 0.6) is 5.75 Å². The van der Waals surface area contributed by atoms with E-state index in [1.807, 2.05) is 13.8 Å². The van der Waals surface area contributed by atoms with Gasteiger partial charge in [0.2, 0.25) is 0 Å². The SMILES string of the molecule is COc1cc(F)c(C(N)C(C)(C)CCN)cc1F. The molecule has 0 aliphatic carbocycles. The third-order valence-corrected chi connectivity index (χ3v) is 3.24. The van der Waals surface area contributed by atoms with Crippen LogP contribution >= 0.6 is 0 Å². The lowest BCUT2D eigenvalue weighted by atomic mass is 9.78. The van der Waals surface area contributed by atoms with Gasteiger partial charge in [-0.1, -0.05) is 13.8 Å². The maximum Gasteiger partial charge on any atom is 0.165 e. The normalized spacial score (nSPS) is 13.5. The van der Waals surface area contributed by atoms with E-state index in [0.29, 0.717) is 13.0 Å². The number of benzene rings is 1. The molecular weight excluding hydrogens is 238 g/mol. The third-order valence-electron chi connectivity index (χ3n) is 3.24. The van der Waals surface area contributed by atoms with Gasteiger partial charge in [-0.15, -0.1) is 0 Å². The first-order valence-corrected chi connectivity index (χ1v) is 5.82. The average molecular weight is 258 g/mol. The fourth-order valence-electron chi connectivity index (χ4n) is 1.89. The summed E-state index contributed by atoms with van der Waals surface area (Å²) in [5.41, 5.74) is 11.3. The number of hydrogen-bond donors (Lipinski definition) is 2. The molecule has 1 rings (SSSR count). The molecule has 18 heavy (non-hydrogen) atoms. The number of methoxy groups -OCH3 is 1. The molecule has 1 atom stereocenters. The molecule has 0 amide bonds. The lowest BCUT2D eigenvalue weighted by molar-refractivity contribution is 0.264. The molecule has 0 fully saturated rings. The summed E-state index contributed by atoms with van der Waals surface area (Å²) in [4.78, 5) is 0. The van der Waals surface area contributed by atoms with Crippen molar-refractivity contribution >= 4 is 0 Å². The van der Waals surface area contributed by atoms with Crippen molar-refractivity contribution in [2.45, 2.75) is 26.3 Å². The van der Waals surface area contributed by atoms with Crippen LogP contribution in [0.4, 0.5) is 8.78 Å². The van der Waals surface area contributed by atoms with E-state index in [0.717, 1.165) is 12.1 Å². The van der Waals surface area contributed by atoms with Crippen molar-refractivity contribution < 1.29 is 13.5 Å². The van der Waals surface area contributed by atoms with Crippen LogP contribution in [0.2, 0.25) is 0 Å². The molecule has 1 unspecified atom stereocenters. The summed E-state index contributed by atoms with van der Waals surface area (Å²) in [6.45, 7) is 4.21. The van der Waals surface area contributed by atoms with Crippen LogP contribution in [0.3, 0.4) is 0 Å². The largest absolute Gasteiger partial charge is 0.494 e. The first-order valence-electron chi connectivity index (χ1n) is 5.82. The van der Waals surface area contributed by atoms with Gasteiger partial charge in [0.15, 0.2) is 11.6 Å². The van der Waals surface area contributed by atoms with E-state index in [1.54, 1.807) is 0 Å². The molecule has 3 nitrogen and oxygen atoms in total. The molecule has 5 heteroatoms. The molecule has 1 aromatic carbocycles. The van der Waals surface area contributed by atoms with Gasteiger partial charge in [0.05, 0.1) is 7.11 Å². The predicted octanol–water partition coefficient (Wildman–Crippen LogP) is 2.35. The van der Waals surface area contributed by atoms with Gasteiger partial charge in [0.1, 0.15) is 5.82 Å². The van der Waals surface area contributed by atoms with Crippen LogP contribution in [-0.4, -0.2) is 13.7 Å². The van der Waals surface area contributed by atoms with Crippen LogP contribution in [-0.2, 0) is 0 Å². The molecule has 4 N–H and O–H groups in total. The van der Waals surface area contributed by atoms with E-state index in [4.69, 9.17) is 16.2 Å². The van der Waals surface area contributed by atoms with Crippen molar-refractivity contribution in [3.63, 3.8) is 0 Å². The van der Waals surface area contributed by atoms with E-state index in [2.05, 4.69) is 0 Å². The van der Waals surface area contributed by atoms with E-state index >= 15 is 0 Å². The lowest BCUT2D eigenvalue weighted by Crippen LogP contribution is -2.32. The van der Waals surface area contributed by atoms with Crippen LogP contribution in [0.25, 0.3) is 0 Å². The Hall–Kier alpha value is -1.20. The Kier molecular flexibility index (Phi) is 4.65. The standard InChI is InChI=1S/C13H20F2N2O/c1-13(2,4-5-16)12(17)8-6-10(15)11(18-3)7-9(8)14/h6-7,12H,4-5,16-17H2,1-3H3. The van der Waals surface area contributed by atoms with Gasteiger partial charge in [-0.3, -0.25) is 0 Å². The van der Waals surface area contributed by atoms with Gasteiger partial charge < -0.3 is 16.2 Å². The van der Waals surface area contributed by atoms with Crippen molar-refractivity contribution in [3.05, 3.63) is 29.3 Å². The van der Waals surface area contributed by atoms with Crippen molar-refractivity contribution in [2.75, 3.05) is 13.7 Å². The summed E-state index contributed by atoms with van der Waals surface area (Å²) in [7, 11) is 1.29. The van der Waals surface area contributed by atoms with Crippen LogP contribution in [0, 0.1) is 17.0 Å². The minimum absolute atomic E-state index is 0.125. The molecule has 0 bridgehead atoms. The van der Waals surface area contributed by atoms with Gasteiger partial charge in [-0.25, -0.2) is 8.78 Å². The van der Waals surface area contributed by atoms with Crippen molar-refractivity contribution in [2.24, 2.45) is 16.9 Å². The minimum atomic E-state index is -0.624. The van der Waals surface area contributed by atoms with E-state index in [1.165, 1.54) is 7.11 Å². The van der Waals surface area contributed by atoms with Crippen LogP contribution < -0.4 is 16.2 Å². The molecule has 0 spiro atoms. The first-order chi connectivity index (χ1) is 8.33. The van der Waals surface area contributed by atoms with E-state index < -0.39 is 23.1 Å². The lowest BCUT2D eigenvalue weighted by Gasteiger charge is -2.32. The highest BCUT2D eigenvalue weighted by molar-refractivity contribution is 5.33. The number of halogens is 2. The zero-order valence-corrected chi connectivity index (χ0v) is 11.0. The molecule has 0 aliphatic rings. The number of rotatable bonds is 5. The molecular formula is C13H20F2N2O. The van der Waals surface area contributed by atoms with E-state index in [-0.39, 0.29) is 11.3 Å². The predicted molar refractivity (Wildman–Crippen MR) is 67.3 cm³/mol. The summed E-state index contributed by atoms with van der Waals surface area (Å²) in [5, 5.41) is 0. The first kappa shape index (κ1) is 14.9. The molecule has 0 aliphatic heterocycles. The number of nitrogens with two attached hydrogens (primary N) is 2. The third kappa shape index (κ3) is 2.97. The summed E-state index contributed by atoms with van der Waals surface area (Å²) >= 11 is 0. The van der Waals surface area contributed by atoms with Crippen molar-refractivity contribution in [1.82, 2.24) is 0 Å². The second-order valence-electron chi connectivity index (χ2n) is 5.01. The van der Waals surface area contributed by atoms with Gasteiger partial charge >= 0.3 is 0 Å². The second-order valence-corrected chi connectivity index (χ2v) is 5.01.